The number of thiophene rings is 1. The van der Waals surface area contributed by atoms with E-state index in [0.29, 0.717) is 17.3 Å². The van der Waals surface area contributed by atoms with Gasteiger partial charge in [-0.05, 0) is 32.9 Å². The molecule has 0 radical (unpaired) electrons. The number of carbonyl (C=O) groups is 1. The fraction of sp³-hybridized carbons (Fsp3) is 0.316. The highest BCUT2D eigenvalue weighted by Gasteiger charge is 2.39. The molecule has 1 aliphatic rings. The minimum Gasteiger partial charge on any atom is -0.387 e. The summed E-state index contributed by atoms with van der Waals surface area (Å²) in [6.45, 7) is 5.48. The lowest BCUT2D eigenvalue weighted by Crippen LogP contribution is -2.40. The van der Waals surface area contributed by atoms with Crippen molar-refractivity contribution in [2.24, 2.45) is 16.6 Å². The molecule has 0 saturated heterocycles. The van der Waals surface area contributed by atoms with Crippen LogP contribution in [0.15, 0.2) is 29.5 Å². The van der Waals surface area contributed by atoms with Crippen LogP contribution >= 0.6 is 22.9 Å². The van der Waals surface area contributed by atoms with E-state index in [1.807, 2.05) is 19.1 Å². The molecular weight excluding hydrogens is 354 g/mol. The van der Waals surface area contributed by atoms with Gasteiger partial charge in [0.2, 0.25) is 0 Å². The molecule has 4 nitrogen and oxygen atoms in total. The third-order valence-corrected chi connectivity index (χ3v) is 6.14. The Labute approximate surface area is 156 Å². The fourth-order valence-electron chi connectivity index (χ4n) is 2.88. The highest BCUT2D eigenvalue weighted by atomic mass is 35.5. The molecule has 6 heteroatoms. The van der Waals surface area contributed by atoms with Crippen LogP contribution < -0.4 is 5.73 Å². The summed E-state index contributed by atoms with van der Waals surface area (Å²) in [6, 6.07) is 3.87. The van der Waals surface area contributed by atoms with Crippen molar-refractivity contribution in [1.29, 1.82) is 0 Å². The standard InChI is InChI=1S/C19H18ClN3OS/c1-4-5-12-6-13(10-22-9-12)16-7-14(20)17(25-16)19(3)8-15(24)11(2)18(21)23-19/h6-7,9-11H,8H2,1-3H3,(H2,21,23)/t11-,19?/m1/s1. The van der Waals surface area contributed by atoms with Gasteiger partial charge >= 0.3 is 0 Å². The Morgan fingerprint density at radius 1 is 1.40 bits per heavy atom. The number of nitrogens with zero attached hydrogens (tertiary/aromatic N) is 2. The van der Waals surface area contributed by atoms with Gasteiger partial charge in [-0.1, -0.05) is 17.5 Å². The molecule has 0 bridgehead atoms. The number of aromatic nitrogens is 1. The van der Waals surface area contributed by atoms with E-state index in [9.17, 15) is 4.79 Å². The first-order valence-electron chi connectivity index (χ1n) is 7.90. The van der Waals surface area contributed by atoms with E-state index in [1.165, 1.54) is 11.3 Å². The zero-order valence-corrected chi connectivity index (χ0v) is 15.8. The summed E-state index contributed by atoms with van der Waals surface area (Å²) in [6.07, 6.45) is 3.80. The fourth-order valence-corrected chi connectivity index (χ4v) is 4.49. The van der Waals surface area contributed by atoms with Crippen LogP contribution in [0, 0.1) is 17.8 Å². The van der Waals surface area contributed by atoms with E-state index in [2.05, 4.69) is 21.8 Å². The summed E-state index contributed by atoms with van der Waals surface area (Å²) in [4.78, 5) is 22.9. The Morgan fingerprint density at radius 3 is 2.84 bits per heavy atom. The zero-order valence-electron chi connectivity index (χ0n) is 14.3. The van der Waals surface area contributed by atoms with Crippen molar-refractivity contribution in [2.75, 3.05) is 0 Å². The minimum atomic E-state index is -0.720. The second-order valence-corrected chi connectivity index (χ2v) is 7.76. The van der Waals surface area contributed by atoms with Crippen LogP contribution in [0.3, 0.4) is 0 Å². The Balaban J connectivity index is 2.05. The molecule has 25 heavy (non-hydrogen) atoms. The number of hydrogen-bond donors (Lipinski definition) is 1. The molecule has 2 aromatic rings. The second-order valence-electron chi connectivity index (χ2n) is 6.30. The SMILES string of the molecule is CC#Cc1cncc(-c2cc(Cl)c(C3(C)CC(=O)[C@@H](C)C(N)=N3)s2)c1. The number of amidine groups is 1. The number of Topliss-reactive ketones (excluding diaryl/α,β-unsaturated/α-hetero) is 1. The van der Waals surface area contributed by atoms with Gasteiger partial charge in [-0.3, -0.25) is 14.8 Å². The predicted molar refractivity (Wildman–Crippen MR) is 103 cm³/mol. The highest BCUT2D eigenvalue weighted by molar-refractivity contribution is 7.16. The number of pyridine rings is 1. The largest absolute Gasteiger partial charge is 0.387 e. The first kappa shape index (κ1) is 17.7. The van der Waals surface area contributed by atoms with Crippen molar-refractivity contribution < 1.29 is 4.79 Å². The van der Waals surface area contributed by atoms with Crippen LogP contribution in [0.1, 0.15) is 37.6 Å². The monoisotopic (exact) mass is 371 g/mol. The lowest BCUT2D eigenvalue weighted by molar-refractivity contribution is -0.122. The smallest absolute Gasteiger partial charge is 0.145 e. The molecule has 0 amide bonds. The van der Waals surface area contributed by atoms with Crippen LogP contribution in [-0.2, 0) is 10.3 Å². The quantitative estimate of drug-likeness (QED) is 0.811. The Bertz CT molecular complexity index is 938. The maximum atomic E-state index is 12.3. The Kier molecular flexibility index (Phi) is 4.68. The molecule has 0 aromatic carbocycles. The number of hydrogen-bond acceptors (Lipinski definition) is 5. The molecular formula is C19H18ClN3OS. The van der Waals surface area contributed by atoms with Crippen LogP contribution in [0.25, 0.3) is 10.4 Å². The van der Waals surface area contributed by atoms with Crippen molar-refractivity contribution in [1.82, 2.24) is 4.98 Å². The van der Waals surface area contributed by atoms with Gasteiger partial charge in [-0.2, -0.15) is 0 Å². The van der Waals surface area contributed by atoms with Gasteiger partial charge in [0, 0.05) is 34.8 Å². The Morgan fingerprint density at radius 2 is 2.16 bits per heavy atom. The molecule has 1 unspecified atom stereocenters. The third-order valence-electron chi connectivity index (χ3n) is 4.29. The summed E-state index contributed by atoms with van der Waals surface area (Å²) in [5.41, 5.74) is 7.04. The van der Waals surface area contributed by atoms with Crippen molar-refractivity contribution in [3.63, 3.8) is 0 Å². The number of carbonyl (C=O) groups excluding carboxylic acids is 1. The summed E-state index contributed by atoms with van der Waals surface area (Å²) < 4.78 is 0. The molecule has 3 heterocycles. The summed E-state index contributed by atoms with van der Waals surface area (Å²) >= 11 is 8.01. The molecule has 128 valence electrons. The van der Waals surface area contributed by atoms with Gasteiger partial charge in [-0.25, -0.2) is 0 Å². The van der Waals surface area contributed by atoms with Crippen molar-refractivity contribution in [2.45, 2.75) is 32.7 Å². The van der Waals surface area contributed by atoms with Crippen LogP contribution in [-0.4, -0.2) is 16.6 Å². The predicted octanol–water partition coefficient (Wildman–Crippen LogP) is 4.02. The molecule has 2 aromatic heterocycles. The summed E-state index contributed by atoms with van der Waals surface area (Å²) in [5.74, 6) is 5.99. The van der Waals surface area contributed by atoms with Gasteiger partial charge in [0.15, 0.2) is 0 Å². The number of ketones is 1. The van der Waals surface area contributed by atoms with Gasteiger partial charge in [-0.15, -0.1) is 17.3 Å². The van der Waals surface area contributed by atoms with Gasteiger partial charge < -0.3 is 5.73 Å². The normalized spacial score (nSPS) is 23.0. The average molecular weight is 372 g/mol. The molecule has 1 aliphatic heterocycles. The average Bonchev–Trinajstić information content (AvgIpc) is 2.96. The molecule has 3 rings (SSSR count). The zero-order chi connectivity index (χ0) is 18.2. The van der Waals surface area contributed by atoms with Crippen molar-refractivity contribution in [3.8, 4) is 22.3 Å². The molecule has 0 saturated carbocycles. The van der Waals surface area contributed by atoms with Crippen LogP contribution in [0.2, 0.25) is 5.02 Å². The first-order chi connectivity index (χ1) is 11.8. The molecule has 2 atom stereocenters. The maximum absolute atomic E-state index is 12.3. The number of halogens is 1. The van der Waals surface area contributed by atoms with Crippen molar-refractivity contribution in [3.05, 3.63) is 40.0 Å². The number of rotatable bonds is 2. The summed E-state index contributed by atoms with van der Waals surface area (Å²) in [5, 5.41) is 0.591. The molecule has 0 spiro atoms. The number of nitrogens with two attached hydrogens (primary N) is 1. The van der Waals surface area contributed by atoms with Crippen LogP contribution in [0.4, 0.5) is 0 Å². The lowest BCUT2D eigenvalue weighted by atomic mass is 9.85. The molecule has 0 aliphatic carbocycles. The van der Waals surface area contributed by atoms with E-state index < -0.39 is 5.54 Å². The third kappa shape index (κ3) is 3.33. The van der Waals surface area contributed by atoms with Gasteiger partial charge in [0.05, 0.1) is 15.8 Å². The topological polar surface area (TPSA) is 68.3 Å². The number of aliphatic imine (C=N–C) groups is 1. The molecule has 0 fully saturated rings. The van der Waals surface area contributed by atoms with Crippen molar-refractivity contribution >= 4 is 34.6 Å². The lowest BCUT2D eigenvalue weighted by Gasteiger charge is -2.31. The van der Waals surface area contributed by atoms with E-state index in [1.54, 1.807) is 26.2 Å². The van der Waals surface area contributed by atoms with E-state index in [0.717, 1.165) is 20.9 Å². The first-order valence-corrected chi connectivity index (χ1v) is 9.09. The van der Waals surface area contributed by atoms with Crippen LogP contribution in [0.5, 0.6) is 0 Å². The van der Waals surface area contributed by atoms with Gasteiger partial charge in [0.1, 0.15) is 17.2 Å². The highest BCUT2D eigenvalue weighted by Crippen LogP contribution is 2.45. The second kappa shape index (κ2) is 6.62. The maximum Gasteiger partial charge on any atom is 0.145 e. The summed E-state index contributed by atoms with van der Waals surface area (Å²) in [7, 11) is 0. The van der Waals surface area contributed by atoms with E-state index >= 15 is 0 Å². The van der Waals surface area contributed by atoms with E-state index in [-0.39, 0.29) is 11.7 Å². The molecule has 2 N–H and O–H groups in total. The van der Waals surface area contributed by atoms with Gasteiger partial charge in [0.25, 0.3) is 0 Å². The minimum absolute atomic E-state index is 0.0860. The van der Waals surface area contributed by atoms with E-state index in [4.69, 9.17) is 17.3 Å². The Hall–Kier alpha value is -2.16.